The summed E-state index contributed by atoms with van der Waals surface area (Å²) >= 11 is 0. The SMILES string of the molecule is CCC(CC/C=C/[SiH3])(N(C)C)N(C)C. The summed E-state index contributed by atoms with van der Waals surface area (Å²) in [5.41, 5.74) is 2.49. The fourth-order valence-electron chi connectivity index (χ4n) is 2.14. The van der Waals surface area contributed by atoms with Crippen LogP contribution < -0.4 is 0 Å². The molecule has 0 fully saturated rings. The third-order valence-electron chi connectivity index (χ3n) is 3.18. The molecule has 0 aromatic carbocycles. The Kier molecular flexibility index (Phi) is 6.32. The van der Waals surface area contributed by atoms with Crippen LogP contribution in [-0.2, 0) is 0 Å². The molecule has 0 aliphatic carbocycles. The molecule has 0 spiro atoms. The van der Waals surface area contributed by atoms with E-state index in [0.29, 0.717) is 0 Å². The van der Waals surface area contributed by atoms with Crippen molar-refractivity contribution in [3.63, 3.8) is 0 Å². The minimum absolute atomic E-state index is 0.223. The molecule has 0 heterocycles. The Morgan fingerprint density at radius 3 is 1.93 bits per heavy atom. The van der Waals surface area contributed by atoms with Crippen molar-refractivity contribution in [1.82, 2.24) is 9.80 Å². The predicted octanol–water partition coefficient (Wildman–Crippen LogP) is 0.875. The van der Waals surface area contributed by atoms with Gasteiger partial charge in [0.25, 0.3) is 0 Å². The smallest absolute Gasteiger partial charge is 0.0728 e. The predicted molar refractivity (Wildman–Crippen MR) is 68.7 cm³/mol. The lowest BCUT2D eigenvalue weighted by atomic mass is 9.97. The summed E-state index contributed by atoms with van der Waals surface area (Å²) in [6.07, 6.45) is 5.88. The topological polar surface area (TPSA) is 6.48 Å². The molecule has 0 N–H and O–H groups in total. The lowest BCUT2D eigenvalue weighted by Gasteiger charge is -2.45. The van der Waals surface area contributed by atoms with Gasteiger partial charge in [0.1, 0.15) is 0 Å². The lowest BCUT2D eigenvalue weighted by Crippen LogP contribution is -2.54. The zero-order chi connectivity index (χ0) is 11.2. The van der Waals surface area contributed by atoms with Gasteiger partial charge in [-0.05, 0) is 47.5 Å². The maximum absolute atomic E-state index is 2.34. The first-order chi connectivity index (χ1) is 6.51. The molecule has 0 aliphatic rings. The highest BCUT2D eigenvalue weighted by molar-refractivity contribution is 6.16. The molecule has 0 amide bonds. The summed E-state index contributed by atoms with van der Waals surface area (Å²) < 4.78 is 0. The first-order valence-corrected chi connectivity index (χ1v) is 6.62. The maximum atomic E-state index is 2.34. The van der Waals surface area contributed by atoms with Gasteiger partial charge in [0.05, 0.1) is 5.66 Å². The van der Waals surface area contributed by atoms with E-state index < -0.39 is 0 Å². The van der Waals surface area contributed by atoms with Crippen molar-refractivity contribution in [2.24, 2.45) is 0 Å². The summed E-state index contributed by atoms with van der Waals surface area (Å²) in [5, 5.41) is 0. The summed E-state index contributed by atoms with van der Waals surface area (Å²) in [6.45, 7) is 2.27. The van der Waals surface area contributed by atoms with Crippen LogP contribution in [0.5, 0.6) is 0 Å². The second kappa shape index (κ2) is 6.38. The molecule has 3 heteroatoms. The Hall–Kier alpha value is -0.123. The van der Waals surface area contributed by atoms with E-state index in [-0.39, 0.29) is 5.66 Å². The van der Waals surface area contributed by atoms with Gasteiger partial charge < -0.3 is 0 Å². The van der Waals surface area contributed by atoms with E-state index in [0.717, 1.165) is 0 Å². The summed E-state index contributed by atoms with van der Waals surface area (Å²) in [7, 11) is 9.87. The van der Waals surface area contributed by atoms with Crippen LogP contribution in [0.3, 0.4) is 0 Å². The van der Waals surface area contributed by atoms with E-state index in [1.807, 2.05) is 0 Å². The minimum Gasteiger partial charge on any atom is -0.291 e. The molecule has 0 aromatic rings. The van der Waals surface area contributed by atoms with Crippen molar-refractivity contribution < 1.29 is 0 Å². The Morgan fingerprint density at radius 2 is 1.64 bits per heavy atom. The number of allylic oxidation sites excluding steroid dienone is 1. The Morgan fingerprint density at radius 1 is 1.14 bits per heavy atom. The highest BCUT2D eigenvalue weighted by atomic mass is 28.1. The highest BCUT2D eigenvalue weighted by Gasteiger charge is 2.31. The quantitative estimate of drug-likeness (QED) is 0.478. The number of nitrogens with zero attached hydrogens (tertiary/aromatic N) is 2. The fourth-order valence-corrected chi connectivity index (χ4v) is 2.47. The molecule has 0 aromatic heterocycles. The second-order valence-electron chi connectivity index (χ2n) is 4.23. The number of hydrogen-bond acceptors (Lipinski definition) is 2. The minimum atomic E-state index is 0.223. The van der Waals surface area contributed by atoms with Crippen molar-refractivity contribution in [2.75, 3.05) is 28.2 Å². The molecule has 0 atom stereocenters. The average molecular weight is 214 g/mol. The van der Waals surface area contributed by atoms with E-state index >= 15 is 0 Å². The van der Waals surface area contributed by atoms with E-state index in [9.17, 15) is 0 Å². The van der Waals surface area contributed by atoms with Crippen LogP contribution in [0.2, 0.25) is 0 Å². The zero-order valence-electron chi connectivity index (χ0n) is 10.7. The van der Waals surface area contributed by atoms with Crippen molar-refractivity contribution >= 4 is 10.2 Å². The molecule has 84 valence electrons. The van der Waals surface area contributed by atoms with Crippen LogP contribution in [0.25, 0.3) is 0 Å². The standard InChI is InChI=1S/C11H26N2Si/c1-6-11(12(2)3,13(4)5)9-7-8-10-14/h8,10H,6-7,9H2,1-5,14H3/b10-8+. The van der Waals surface area contributed by atoms with Gasteiger partial charge in [-0.25, -0.2) is 0 Å². The lowest BCUT2D eigenvalue weighted by molar-refractivity contribution is -0.00709. The van der Waals surface area contributed by atoms with Gasteiger partial charge in [-0.3, -0.25) is 9.80 Å². The Labute approximate surface area is 92.4 Å². The molecule has 0 saturated heterocycles. The van der Waals surface area contributed by atoms with Gasteiger partial charge in [0, 0.05) is 10.2 Å². The monoisotopic (exact) mass is 214 g/mol. The van der Waals surface area contributed by atoms with Gasteiger partial charge in [-0.1, -0.05) is 13.0 Å². The van der Waals surface area contributed by atoms with Gasteiger partial charge in [0.2, 0.25) is 0 Å². The molecule has 0 unspecified atom stereocenters. The van der Waals surface area contributed by atoms with Crippen molar-refractivity contribution in [2.45, 2.75) is 31.8 Å². The molecule has 0 rings (SSSR count). The second-order valence-corrected chi connectivity index (χ2v) is 4.90. The van der Waals surface area contributed by atoms with E-state index in [4.69, 9.17) is 0 Å². The van der Waals surface area contributed by atoms with E-state index in [2.05, 4.69) is 56.7 Å². The first kappa shape index (κ1) is 13.9. The largest absolute Gasteiger partial charge is 0.291 e. The third-order valence-corrected chi connectivity index (χ3v) is 3.65. The summed E-state index contributed by atoms with van der Waals surface area (Å²) in [6, 6.07) is 0. The maximum Gasteiger partial charge on any atom is 0.0728 e. The van der Waals surface area contributed by atoms with Gasteiger partial charge in [0.15, 0.2) is 0 Å². The molecular weight excluding hydrogens is 188 g/mol. The van der Waals surface area contributed by atoms with Crippen LogP contribution in [0, 0.1) is 0 Å². The first-order valence-electron chi connectivity index (χ1n) is 5.47. The molecule has 0 aliphatic heterocycles. The van der Waals surface area contributed by atoms with E-state index in [1.165, 1.54) is 29.5 Å². The molecule has 0 saturated carbocycles. The average Bonchev–Trinajstić information content (AvgIpc) is 2.11. The molecule has 2 nitrogen and oxygen atoms in total. The van der Waals surface area contributed by atoms with Crippen LogP contribution in [0.15, 0.2) is 11.8 Å². The van der Waals surface area contributed by atoms with Crippen molar-refractivity contribution in [1.29, 1.82) is 0 Å². The fraction of sp³-hybridized carbons (Fsp3) is 0.818. The molecule has 0 radical (unpaired) electrons. The normalized spacial score (nSPS) is 13.6. The van der Waals surface area contributed by atoms with Crippen LogP contribution >= 0.6 is 0 Å². The highest BCUT2D eigenvalue weighted by Crippen LogP contribution is 2.25. The Balaban J connectivity index is 4.50. The molecular formula is C11H26N2Si. The third kappa shape index (κ3) is 3.22. The van der Waals surface area contributed by atoms with Crippen molar-refractivity contribution in [3.05, 3.63) is 11.8 Å². The summed E-state index contributed by atoms with van der Waals surface area (Å²) in [4.78, 5) is 4.68. The van der Waals surface area contributed by atoms with Crippen LogP contribution in [0.1, 0.15) is 26.2 Å². The zero-order valence-corrected chi connectivity index (χ0v) is 12.7. The van der Waals surface area contributed by atoms with E-state index in [1.54, 1.807) is 0 Å². The van der Waals surface area contributed by atoms with Crippen LogP contribution in [-0.4, -0.2) is 53.9 Å². The number of hydrogen-bond donors (Lipinski definition) is 0. The molecule has 14 heavy (non-hydrogen) atoms. The van der Waals surface area contributed by atoms with Gasteiger partial charge >= 0.3 is 0 Å². The Bertz CT molecular complexity index is 168. The van der Waals surface area contributed by atoms with Crippen LogP contribution in [0.4, 0.5) is 0 Å². The molecule has 0 bridgehead atoms. The van der Waals surface area contributed by atoms with Gasteiger partial charge in [-0.15, -0.1) is 5.70 Å². The van der Waals surface area contributed by atoms with Crippen molar-refractivity contribution in [3.8, 4) is 0 Å². The number of rotatable bonds is 6. The summed E-state index contributed by atoms with van der Waals surface area (Å²) in [5.74, 6) is 0. The van der Waals surface area contributed by atoms with Gasteiger partial charge in [-0.2, -0.15) is 0 Å².